The highest BCUT2D eigenvalue weighted by atomic mass is 32.1. The number of imidazole rings is 1. The normalized spacial score (nSPS) is 17.8. The highest BCUT2D eigenvalue weighted by Crippen LogP contribution is 2.34. The van der Waals surface area contributed by atoms with Crippen LogP contribution in [0.3, 0.4) is 0 Å². The lowest BCUT2D eigenvalue weighted by Crippen LogP contribution is -2.08. The van der Waals surface area contributed by atoms with Crippen molar-refractivity contribution in [1.29, 1.82) is 0 Å². The Balaban J connectivity index is 2.06. The van der Waals surface area contributed by atoms with Gasteiger partial charge in [-0.25, -0.2) is 13.2 Å². The lowest BCUT2D eigenvalue weighted by Gasteiger charge is -2.12. The van der Waals surface area contributed by atoms with Gasteiger partial charge in [-0.15, -0.1) is 0 Å². The van der Waals surface area contributed by atoms with Crippen molar-refractivity contribution in [3.05, 3.63) is 51.3 Å². The molecule has 0 fully saturated rings. The van der Waals surface area contributed by atoms with Crippen LogP contribution in [0.5, 0.6) is 0 Å². The predicted molar refractivity (Wildman–Crippen MR) is 67.1 cm³/mol. The Labute approximate surface area is 112 Å². The van der Waals surface area contributed by atoms with E-state index in [1.165, 1.54) is 0 Å². The first-order valence-corrected chi connectivity index (χ1v) is 6.31. The molecule has 1 unspecified atom stereocenters. The average Bonchev–Trinajstić information content (AvgIpc) is 2.88. The molecule has 1 N–H and O–H groups in total. The third-order valence-electron chi connectivity index (χ3n) is 3.63. The standard InChI is InChI=1S/C13H11F3N2S/c1-6-10-4-7(5-18(10)13(19)17-6)11-8(14)2-3-9(15)12(11)16/h2-3,7H,4-5H2,1H3,(H,17,19). The Morgan fingerprint density at radius 1 is 1.26 bits per heavy atom. The zero-order valence-corrected chi connectivity index (χ0v) is 11.0. The van der Waals surface area contributed by atoms with Crippen LogP contribution in [0.25, 0.3) is 0 Å². The molecule has 2 heterocycles. The number of halogens is 3. The molecule has 0 amide bonds. The Morgan fingerprint density at radius 2 is 1.95 bits per heavy atom. The van der Waals surface area contributed by atoms with Crippen LogP contribution in [0.4, 0.5) is 13.2 Å². The van der Waals surface area contributed by atoms with Gasteiger partial charge < -0.3 is 9.55 Å². The number of fused-ring (bicyclic) bond motifs is 1. The van der Waals surface area contributed by atoms with Crippen molar-refractivity contribution >= 4 is 12.2 Å². The lowest BCUT2D eigenvalue weighted by molar-refractivity contribution is 0.459. The molecule has 1 aromatic carbocycles. The van der Waals surface area contributed by atoms with Crippen LogP contribution >= 0.6 is 12.2 Å². The van der Waals surface area contributed by atoms with Gasteiger partial charge in [0, 0.05) is 29.4 Å². The smallest absolute Gasteiger partial charge is 0.177 e. The minimum absolute atomic E-state index is 0.183. The Bertz CT molecular complexity index is 717. The van der Waals surface area contributed by atoms with Gasteiger partial charge in [-0.1, -0.05) is 0 Å². The molecule has 0 saturated heterocycles. The van der Waals surface area contributed by atoms with E-state index < -0.39 is 23.4 Å². The molecule has 2 nitrogen and oxygen atoms in total. The average molecular weight is 284 g/mol. The molecule has 6 heteroatoms. The predicted octanol–water partition coefficient (Wildman–Crippen LogP) is 3.61. The summed E-state index contributed by atoms with van der Waals surface area (Å²) in [6, 6.07) is 1.77. The van der Waals surface area contributed by atoms with Crippen molar-refractivity contribution in [2.24, 2.45) is 0 Å². The maximum Gasteiger partial charge on any atom is 0.177 e. The third-order valence-corrected chi connectivity index (χ3v) is 3.95. The first-order chi connectivity index (χ1) is 8.99. The van der Waals surface area contributed by atoms with Gasteiger partial charge in [-0.2, -0.15) is 0 Å². The monoisotopic (exact) mass is 284 g/mol. The molecule has 0 aliphatic carbocycles. The number of nitrogens with zero attached hydrogens (tertiary/aromatic N) is 1. The van der Waals surface area contributed by atoms with Crippen LogP contribution in [0, 0.1) is 29.1 Å². The van der Waals surface area contributed by atoms with Gasteiger partial charge in [0.2, 0.25) is 0 Å². The van der Waals surface area contributed by atoms with Crippen molar-refractivity contribution in [2.75, 3.05) is 0 Å². The van der Waals surface area contributed by atoms with Crippen molar-refractivity contribution in [3.8, 4) is 0 Å². The molecular weight excluding hydrogens is 273 g/mol. The maximum absolute atomic E-state index is 13.8. The molecule has 0 radical (unpaired) electrons. The van der Waals surface area contributed by atoms with Gasteiger partial charge in [0.15, 0.2) is 16.4 Å². The van der Waals surface area contributed by atoms with Crippen LogP contribution < -0.4 is 0 Å². The molecule has 1 aromatic heterocycles. The number of aryl methyl sites for hydroxylation is 1. The minimum atomic E-state index is -1.09. The van der Waals surface area contributed by atoms with Gasteiger partial charge in [0.05, 0.1) is 0 Å². The summed E-state index contributed by atoms with van der Waals surface area (Å²) >= 11 is 5.14. The van der Waals surface area contributed by atoms with Crippen molar-refractivity contribution in [3.63, 3.8) is 0 Å². The van der Waals surface area contributed by atoms with Crippen LogP contribution in [0.1, 0.15) is 22.9 Å². The number of benzene rings is 1. The van der Waals surface area contributed by atoms with Gasteiger partial charge >= 0.3 is 0 Å². The van der Waals surface area contributed by atoms with E-state index in [2.05, 4.69) is 4.98 Å². The highest BCUT2D eigenvalue weighted by Gasteiger charge is 2.30. The molecular formula is C13H11F3N2S. The number of rotatable bonds is 1. The molecule has 19 heavy (non-hydrogen) atoms. The summed E-state index contributed by atoms with van der Waals surface area (Å²) in [6.07, 6.45) is 0.455. The van der Waals surface area contributed by atoms with Crippen LogP contribution in [0.15, 0.2) is 12.1 Å². The SMILES string of the molecule is Cc1[nH]c(=S)n2c1CC(c1c(F)ccc(F)c1F)C2. The van der Waals surface area contributed by atoms with Crippen LogP contribution in [-0.2, 0) is 13.0 Å². The summed E-state index contributed by atoms with van der Waals surface area (Å²) in [5.74, 6) is -3.24. The zero-order valence-electron chi connectivity index (χ0n) is 10.1. The largest absolute Gasteiger partial charge is 0.335 e. The van der Waals surface area contributed by atoms with E-state index in [4.69, 9.17) is 12.2 Å². The summed E-state index contributed by atoms with van der Waals surface area (Å²) in [5, 5.41) is 0. The number of aromatic amines is 1. The summed E-state index contributed by atoms with van der Waals surface area (Å²) < 4.78 is 43.2. The summed E-state index contributed by atoms with van der Waals surface area (Å²) in [5.41, 5.74) is 1.64. The van der Waals surface area contributed by atoms with Crippen LogP contribution in [-0.4, -0.2) is 9.55 Å². The lowest BCUT2D eigenvalue weighted by atomic mass is 9.95. The first-order valence-electron chi connectivity index (χ1n) is 5.90. The number of hydrogen-bond donors (Lipinski definition) is 1. The van der Waals surface area contributed by atoms with Crippen molar-refractivity contribution in [2.45, 2.75) is 25.8 Å². The third kappa shape index (κ3) is 1.82. The fraction of sp³-hybridized carbons (Fsp3) is 0.308. The summed E-state index contributed by atoms with van der Waals surface area (Å²) in [7, 11) is 0. The van der Waals surface area contributed by atoms with Gasteiger partial charge in [-0.3, -0.25) is 0 Å². The van der Waals surface area contributed by atoms with Crippen molar-refractivity contribution < 1.29 is 13.2 Å². The van der Waals surface area contributed by atoms with E-state index in [-0.39, 0.29) is 5.56 Å². The Kier molecular flexibility index (Phi) is 2.78. The zero-order chi connectivity index (χ0) is 13.7. The number of hydrogen-bond acceptors (Lipinski definition) is 1. The molecule has 100 valence electrons. The van der Waals surface area contributed by atoms with E-state index >= 15 is 0 Å². The van der Waals surface area contributed by atoms with Gasteiger partial charge in [-0.05, 0) is 37.7 Å². The van der Waals surface area contributed by atoms with Crippen LogP contribution in [0.2, 0.25) is 0 Å². The maximum atomic E-state index is 13.8. The van der Waals surface area contributed by atoms with Gasteiger partial charge in [0.25, 0.3) is 0 Å². The molecule has 1 aliphatic rings. The second-order valence-electron chi connectivity index (χ2n) is 4.77. The summed E-state index contributed by atoms with van der Waals surface area (Å²) in [6.45, 7) is 2.23. The van der Waals surface area contributed by atoms with E-state index in [0.717, 1.165) is 23.5 Å². The molecule has 0 bridgehead atoms. The first kappa shape index (κ1) is 12.5. The fourth-order valence-corrected chi connectivity index (χ4v) is 3.05. The molecule has 1 aliphatic heterocycles. The summed E-state index contributed by atoms with van der Waals surface area (Å²) in [4.78, 5) is 3.01. The quantitative estimate of drug-likeness (QED) is 0.626. The second kappa shape index (κ2) is 4.23. The van der Waals surface area contributed by atoms with E-state index in [1.54, 1.807) is 0 Å². The van der Waals surface area contributed by atoms with E-state index in [1.807, 2.05) is 11.5 Å². The molecule has 1 atom stereocenters. The van der Waals surface area contributed by atoms with E-state index in [9.17, 15) is 13.2 Å². The van der Waals surface area contributed by atoms with Gasteiger partial charge in [0.1, 0.15) is 5.82 Å². The molecule has 2 aromatic rings. The highest BCUT2D eigenvalue weighted by molar-refractivity contribution is 7.71. The molecule has 3 rings (SSSR count). The topological polar surface area (TPSA) is 20.7 Å². The second-order valence-corrected chi connectivity index (χ2v) is 5.16. The number of nitrogens with one attached hydrogen (secondary N) is 1. The number of H-pyrrole nitrogens is 1. The molecule has 0 spiro atoms. The Hall–Kier alpha value is -1.56. The van der Waals surface area contributed by atoms with E-state index in [0.29, 0.717) is 17.7 Å². The number of aromatic nitrogens is 2. The molecule has 0 saturated carbocycles. The Morgan fingerprint density at radius 3 is 2.63 bits per heavy atom. The fourth-order valence-electron chi connectivity index (χ4n) is 2.71. The van der Waals surface area contributed by atoms with Crippen molar-refractivity contribution in [1.82, 2.24) is 9.55 Å². The minimum Gasteiger partial charge on any atom is -0.335 e.